The zero-order valence-corrected chi connectivity index (χ0v) is 78.1. The third kappa shape index (κ3) is 58.9. The number of hydrogen-bond donors (Lipinski definition) is 2. The van der Waals surface area contributed by atoms with Crippen molar-refractivity contribution < 1.29 is 67.3 Å². The third-order valence-corrected chi connectivity index (χ3v) is 18.0. The minimum atomic E-state index is -0.382. The topological polar surface area (TPSA) is 199 Å². The van der Waals surface area contributed by atoms with Crippen molar-refractivity contribution >= 4 is 113 Å². The summed E-state index contributed by atoms with van der Waals surface area (Å²) >= 11 is 7.39. The molecule has 2 N–H and O–H groups in total. The molecule has 22 heteroatoms. The second kappa shape index (κ2) is 72.8. The number of hydrogen-bond acceptors (Lipinski definition) is 17. The van der Waals surface area contributed by atoms with E-state index in [1.807, 2.05) is 139 Å². The van der Waals surface area contributed by atoms with Gasteiger partial charge in [-0.1, -0.05) is 156 Å². The van der Waals surface area contributed by atoms with Crippen LogP contribution in [0.25, 0.3) is 0 Å². The predicted octanol–water partition coefficient (Wildman–Crippen LogP) is 27.7. The summed E-state index contributed by atoms with van der Waals surface area (Å²) in [6.07, 6.45) is 41.4. The third-order valence-electron chi connectivity index (χ3n) is 18.0. The zero-order valence-electron chi connectivity index (χ0n) is 67.9. The molecule has 108 heavy (non-hydrogen) atoms. The van der Waals surface area contributed by atoms with E-state index < -0.39 is 0 Å². The van der Waals surface area contributed by atoms with Gasteiger partial charge in [-0.15, -0.1) is 24.0 Å². The number of aliphatic hydroxyl groups excluding tert-OH is 2. The Kier molecular flexibility index (Phi) is 70.2. The molecule has 618 valence electrons. The molecule has 4 aromatic rings. The number of carbonyl (C=O) groups is 1. The first-order valence-electron chi connectivity index (χ1n) is 41.3. The monoisotopic (exact) mass is 2000 g/mol. The van der Waals surface area contributed by atoms with Crippen molar-refractivity contribution in [2.24, 2.45) is 20.5 Å². The van der Waals surface area contributed by atoms with Crippen LogP contribution in [-0.4, -0.2) is 112 Å². The molecule has 8 atom stereocenters. The Morgan fingerprint density at radius 2 is 0.741 bits per heavy atom. The Morgan fingerprint density at radius 3 is 1.07 bits per heavy atom. The molecule has 2 aliphatic heterocycles. The van der Waals surface area contributed by atoms with Gasteiger partial charge in [0.25, 0.3) is 0 Å². The predicted molar refractivity (Wildman–Crippen MR) is 477 cm³/mol. The molecule has 0 bridgehead atoms. The first-order valence-corrected chi connectivity index (χ1v) is 54.8. The van der Waals surface area contributed by atoms with Crippen molar-refractivity contribution in [2.75, 3.05) is 39.6 Å². The SMILES string of the molecule is CCC(C)O.CCCCCCCC1OC(CC)CC(CC2CC(CC(C)O)OC(CCCCCCCCCCOc3ccc(N=Nc4ccc(OCC)cc4)cc3)O2)O1.CCCCCCCC=O.CCOc1ccc(N=Nc2ccc(OCCCCCCCCCCC(OCC)OCC)cc2)cc1.I.[I][V]([I])[I]. The van der Waals surface area contributed by atoms with Gasteiger partial charge in [0.15, 0.2) is 18.9 Å². The van der Waals surface area contributed by atoms with Crippen LogP contribution in [0, 0.1) is 0 Å². The fraction of sp³-hybridized carbons (Fsp3) is 0.709. The molecular weight excluding hydrogens is 1860 g/mol. The van der Waals surface area contributed by atoms with Crippen LogP contribution in [0.2, 0.25) is 0 Å². The van der Waals surface area contributed by atoms with Crippen molar-refractivity contribution in [2.45, 2.75) is 356 Å². The summed E-state index contributed by atoms with van der Waals surface area (Å²) < 4.78 is 59.6. The van der Waals surface area contributed by atoms with Gasteiger partial charge in [-0.25, -0.2) is 0 Å². The van der Waals surface area contributed by atoms with E-state index in [0.717, 1.165) is 168 Å². The van der Waals surface area contributed by atoms with Gasteiger partial charge < -0.3 is 62.4 Å². The molecule has 2 saturated heterocycles. The van der Waals surface area contributed by atoms with E-state index in [-0.39, 0.29) is 84.4 Å². The number of unbranched alkanes of at least 4 members (excludes halogenated alkanes) is 23. The molecule has 0 spiro atoms. The van der Waals surface area contributed by atoms with Crippen molar-refractivity contribution in [1.82, 2.24) is 0 Å². The van der Waals surface area contributed by atoms with Crippen molar-refractivity contribution in [3.63, 3.8) is 0 Å². The van der Waals surface area contributed by atoms with Crippen LogP contribution < -0.4 is 18.9 Å². The minimum absolute atomic E-state index is 0. The second-order valence-electron chi connectivity index (χ2n) is 27.6. The molecule has 6 rings (SSSR count). The number of benzene rings is 4. The van der Waals surface area contributed by atoms with Crippen LogP contribution >= 0.6 is 83.9 Å². The fourth-order valence-electron chi connectivity index (χ4n) is 12.1. The summed E-state index contributed by atoms with van der Waals surface area (Å²) in [6, 6.07) is 30.7. The molecule has 4 aromatic carbocycles. The van der Waals surface area contributed by atoms with E-state index in [1.54, 1.807) is 6.92 Å². The number of nitrogens with zero attached hydrogens (tertiary/aromatic N) is 4. The fourth-order valence-corrected chi connectivity index (χ4v) is 12.1. The molecule has 0 radical (unpaired) electrons. The van der Waals surface area contributed by atoms with Gasteiger partial charge in [-0.2, -0.15) is 20.5 Å². The van der Waals surface area contributed by atoms with Crippen LogP contribution in [0.5, 0.6) is 23.0 Å². The number of ether oxygens (including phenoxy) is 10. The molecule has 8 unspecified atom stereocenters. The molecule has 0 amide bonds. The van der Waals surface area contributed by atoms with Gasteiger partial charge in [0, 0.05) is 38.9 Å². The normalized spacial score (nSPS) is 17.4. The molecule has 17 nitrogen and oxygen atoms in total. The van der Waals surface area contributed by atoms with Crippen LogP contribution in [0.15, 0.2) is 118 Å². The van der Waals surface area contributed by atoms with E-state index in [2.05, 4.69) is 101 Å². The maximum absolute atomic E-state index is 10.1. The average Bonchev–Trinajstić information content (AvgIpc) is 0.840. The first kappa shape index (κ1) is 104. The van der Waals surface area contributed by atoms with Gasteiger partial charge in [0.05, 0.1) is 85.8 Å². The summed E-state index contributed by atoms with van der Waals surface area (Å²) in [5.74, 6) is 3.42. The van der Waals surface area contributed by atoms with Gasteiger partial charge in [0.1, 0.15) is 29.3 Å². The number of halogens is 4. The van der Waals surface area contributed by atoms with E-state index >= 15 is 0 Å². The van der Waals surface area contributed by atoms with Gasteiger partial charge in [0.2, 0.25) is 0 Å². The summed E-state index contributed by atoms with van der Waals surface area (Å²) in [5, 5.41) is 35.7. The average molecular weight is 2000 g/mol. The number of rotatable bonds is 54. The molecule has 0 aromatic heterocycles. The summed E-state index contributed by atoms with van der Waals surface area (Å²) in [6.45, 7) is 24.4. The molecule has 2 fully saturated rings. The van der Waals surface area contributed by atoms with Crippen LogP contribution in [-0.2, 0) is 38.1 Å². The quantitative estimate of drug-likeness (QED) is 0.0139. The standard InChI is InChI=1S/C45H72N2O7.C29H44N2O4.C8H16O.C4H10O.4HI.V/c1-5-8-9-14-17-20-44-51-38(6-2)32-42(53-44)34-43-33-41(31-35(4)48)52-45(54-43)21-18-15-12-10-11-13-16-19-30-50-40-28-24-37(25-29-40)47-46-36-22-26-39(27-23-36)49-7-3;1-4-32-27-20-16-25(17-21-27)30-31-26-18-22-28(23-19-26)35-24-14-12-10-8-7-9-11-13-15-29(33-5-2)34-6-3;1-2-3-4-5-6-7-8-9;1-3-4(2)5;;;;;/h22-29,35,38,41-45,48H,5-21,30-34H2,1-4H3;16-23,29H,4-15,24H2,1-3H3;8H,2-7H2,1H3;4-5H,3H2,1-2H3;4*1H;/q;;;;;;;;+3/p-3. The maximum atomic E-state index is 10.1. The van der Waals surface area contributed by atoms with E-state index in [4.69, 9.17) is 52.5 Å². The number of azo groups is 2. The number of carbonyl (C=O) groups excluding carboxylic acids is 1. The van der Waals surface area contributed by atoms with E-state index in [0.29, 0.717) is 19.6 Å². The van der Waals surface area contributed by atoms with Crippen molar-refractivity contribution in [3.05, 3.63) is 97.1 Å². The van der Waals surface area contributed by atoms with Crippen molar-refractivity contribution in [3.8, 4) is 23.0 Å². The second-order valence-corrected chi connectivity index (χ2v) is 63.0. The number of aliphatic hydroxyl groups is 2. The van der Waals surface area contributed by atoms with Crippen LogP contribution in [0.4, 0.5) is 22.7 Å². The van der Waals surface area contributed by atoms with Crippen LogP contribution in [0.3, 0.4) is 0 Å². The van der Waals surface area contributed by atoms with E-state index in [9.17, 15) is 9.90 Å². The van der Waals surface area contributed by atoms with E-state index in [1.165, 1.54) is 135 Å². The Bertz CT molecular complexity index is 2690. The first-order chi connectivity index (χ1) is 52.1. The molecule has 2 aliphatic rings. The zero-order chi connectivity index (χ0) is 78.0. The Hall–Kier alpha value is -1.87. The Labute approximate surface area is 709 Å². The van der Waals surface area contributed by atoms with Crippen molar-refractivity contribution in [1.29, 1.82) is 0 Å². The molecule has 0 saturated carbocycles. The summed E-state index contributed by atoms with van der Waals surface area (Å²) in [7, 11) is 0. The van der Waals surface area contributed by atoms with Gasteiger partial charge >= 0.3 is 64.9 Å². The van der Waals surface area contributed by atoms with Crippen LogP contribution in [0.1, 0.15) is 300 Å². The summed E-state index contributed by atoms with van der Waals surface area (Å²) in [4.78, 5) is 9.56. The Morgan fingerprint density at radius 1 is 0.426 bits per heavy atom. The van der Waals surface area contributed by atoms with Gasteiger partial charge in [-0.3, -0.25) is 0 Å². The molecule has 2 heterocycles. The Balaban J connectivity index is 0.000000916. The van der Waals surface area contributed by atoms with Gasteiger partial charge in [-0.05, 0) is 216 Å². The molecular formula is C86H143I4N4O13V. The molecule has 0 aliphatic carbocycles. The summed E-state index contributed by atoms with van der Waals surface area (Å²) in [5.41, 5.74) is 3.18. The number of aldehydes is 1.